The van der Waals surface area contributed by atoms with E-state index in [1.165, 1.54) is 28.3 Å². The Morgan fingerprint density at radius 2 is 1.85 bits per heavy atom. The number of benzene rings is 2. The van der Waals surface area contributed by atoms with Crippen molar-refractivity contribution in [3.63, 3.8) is 0 Å². The van der Waals surface area contributed by atoms with Crippen molar-refractivity contribution < 1.29 is 19.0 Å². The number of hydrogen-bond acceptors (Lipinski definition) is 4. The number of ether oxygens (including phenoxy) is 3. The van der Waals surface area contributed by atoms with Crippen molar-refractivity contribution >= 4 is 5.97 Å². The molecule has 2 rings (SSSR count). The molecule has 0 aliphatic heterocycles. The molecule has 0 amide bonds. The summed E-state index contributed by atoms with van der Waals surface area (Å²) in [6.07, 6.45) is 2.85. The van der Waals surface area contributed by atoms with E-state index in [2.05, 4.69) is 43.8 Å². The Morgan fingerprint density at radius 3 is 2.50 bits per heavy atom. The predicted molar refractivity (Wildman–Crippen MR) is 103 cm³/mol. The second-order valence-electron chi connectivity index (χ2n) is 5.99. The van der Waals surface area contributed by atoms with Crippen LogP contribution >= 0.6 is 0 Å². The Balaban J connectivity index is 1.93. The van der Waals surface area contributed by atoms with Gasteiger partial charge in [-0.15, -0.1) is 0 Å². The van der Waals surface area contributed by atoms with Crippen LogP contribution in [-0.2, 0) is 20.7 Å². The van der Waals surface area contributed by atoms with Gasteiger partial charge in [-0.25, -0.2) is 4.79 Å². The summed E-state index contributed by atoms with van der Waals surface area (Å²) in [4.78, 5) is 11.0. The van der Waals surface area contributed by atoms with E-state index in [4.69, 9.17) is 14.2 Å². The lowest BCUT2D eigenvalue weighted by atomic mass is 9.98. The van der Waals surface area contributed by atoms with Crippen LogP contribution in [0, 0.1) is 6.92 Å². The van der Waals surface area contributed by atoms with Crippen LogP contribution in [0.5, 0.6) is 5.75 Å². The van der Waals surface area contributed by atoms with Crippen molar-refractivity contribution in [2.75, 3.05) is 26.9 Å². The summed E-state index contributed by atoms with van der Waals surface area (Å²) >= 11 is 0. The first-order valence-electron chi connectivity index (χ1n) is 8.75. The average molecular weight is 354 g/mol. The SMILES string of the molecule is C=CC(=O)OCCCc1ccc(-c2ccc(OCCOC)cc2C)cc1. The molecule has 0 unspecified atom stereocenters. The molecule has 0 fully saturated rings. The van der Waals surface area contributed by atoms with Gasteiger partial charge in [-0.3, -0.25) is 0 Å². The van der Waals surface area contributed by atoms with E-state index >= 15 is 0 Å². The summed E-state index contributed by atoms with van der Waals surface area (Å²) in [6.45, 7) is 7.00. The van der Waals surface area contributed by atoms with E-state index in [1.807, 2.05) is 12.1 Å². The molecule has 2 aromatic carbocycles. The highest BCUT2D eigenvalue weighted by Crippen LogP contribution is 2.27. The van der Waals surface area contributed by atoms with E-state index in [-0.39, 0.29) is 5.97 Å². The summed E-state index contributed by atoms with van der Waals surface area (Å²) in [5, 5.41) is 0. The summed E-state index contributed by atoms with van der Waals surface area (Å²) < 4.78 is 15.6. The van der Waals surface area contributed by atoms with Crippen molar-refractivity contribution in [1.82, 2.24) is 0 Å². The second-order valence-corrected chi connectivity index (χ2v) is 5.99. The zero-order chi connectivity index (χ0) is 18.8. The van der Waals surface area contributed by atoms with Crippen LogP contribution in [0.15, 0.2) is 55.1 Å². The topological polar surface area (TPSA) is 44.8 Å². The maximum Gasteiger partial charge on any atom is 0.330 e. The van der Waals surface area contributed by atoms with E-state index in [0.717, 1.165) is 18.6 Å². The number of esters is 1. The van der Waals surface area contributed by atoms with Crippen molar-refractivity contribution in [1.29, 1.82) is 0 Å². The summed E-state index contributed by atoms with van der Waals surface area (Å²) in [6, 6.07) is 14.6. The molecule has 4 heteroatoms. The zero-order valence-electron chi connectivity index (χ0n) is 15.5. The normalized spacial score (nSPS) is 10.4. The van der Waals surface area contributed by atoms with Crippen LogP contribution in [0.3, 0.4) is 0 Å². The fraction of sp³-hybridized carbons (Fsp3) is 0.318. The summed E-state index contributed by atoms with van der Waals surface area (Å²) in [5.41, 5.74) is 4.76. The molecule has 0 heterocycles. The molecular weight excluding hydrogens is 328 g/mol. The van der Waals surface area contributed by atoms with Crippen LogP contribution in [0.2, 0.25) is 0 Å². The molecule has 2 aromatic rings. The first kappa shape index (κ1) is 19.7. The Morgan fingerprint density at radius 1 is 1.08 bits per heavy atom. The fourth-order valence-electron chi connectivity index (χ4n) is 2.65. The number of methoxy groups -OCH3 is 1. The lowest BCUT2D eigenvalue weighted by molar-refractivity contribution is -0.137. The van der Waals surface area contributed by atoms with Gasteiger partial charge in [0.05, 0.1) is 13.2 Å². The molecule has 0 spiro atoms. The quantitative estimate of drug-likeness (QED) is 0.361. The summed E-state index contributed by atoms with van der Waals surface area (Å²) in [5.74, 6) is 0.486. The number of aryl methyl sites for hydroxylation is 2. The minimum atomic E-state index is -0.370. The highest BCUT2D eigenvalue weighted by atomic mass is 16.5. The molecule has 0 atom stereocenters. The molecule has 26 heavy (non-hydrogen) atoms. The van der Waals surface area contributed by atoms with Gasteiger partial charge in [-0.05, 0) is 54.2 Å². The minimum absolute atomic E-state index is 0.370. The molecule has 0 aliphatic carbocycles. The third-order valence-electron chi connectivity index (χ3n) is 4.04. The maximum absolute atomic E-state index is 11.0. The molecule has 0 N–H and O–H groups in total. The smallest absolute Gasteiger partial charge is 0.330 e. The van der Waals surface area contributed by atoms with Gasteiger partial charge in [-0.2, -0.15) is 0 Å². The highest BCUT2D eigenvalue weighted by molar-refractivity contribution is 5.81. The van der Waals surface area contributed by atoms with E-state index in [0.29, 0.717) is 19.8 Å². The van der Waals surface area contributed by atoms with Crippen LogP contribution in [0.4, 0.5) is 0 Å². The molecule has 0 aromatic heterocycles. The van der Waals surface area contributed by atoms with Gasteiger partial charge in [0.2, 0.25) is 0 Å². The number of carbonyl (C=O) groups is 1. The predicted octanol–water partition coefficient (Wildman–Crippen LogP) is 4.35. The van der Waals surface area contributed by atoms with Crippen LogP contribution in [-0.4, -0.2) is 32.9 Å². The molecule has 0 saturated heterocycles. The summed E-state index contributed by atoms with van der Waals surface area (Å²) in [7, 11) is 1.66. The second kappa shape index (κ2) is 10.4. The largest absolute Gasteiger partial charge is 0.491 e. The molecule has 4 nitrogen and oxygen atoms in total. The molecule has 0 bridgehead atoms. The minimum Gasteiger partial charge on any atom is -0.491 e. The van der Waals surface area contributed by atoms with Gasteiger partial charge < -0.3 is 14.2 Å². The van der Waals surface area contributed by atoms with Gasteiger partial charge in [-0.1, -0.05) is 36.9 Å². The van der Waals surface area contributed by atoms with Gasteiger partial charge in [0.25, 0.3) is 0 Å². The standard InChI is InChI=1S/C22H26O4/c1-4-22(23)26-13-5-6-18-7-9-19(10-8-18)21-12-11-20(16-17(21)2)25-15-14-24-3/h4,7-12,16H,1,5-6,13-15H2,2-3H3. The van der Waals surface area contributed by atoms with Crippen LogP contribution in [0.25, 0.3) is 11.1 Å². The van der Waals surface area contributed by atoms with Gasteiger partial charge in [0.15, 0.2) is 0 Å². The third kappa shape index (κ3) is 6.05. The Labute approximate surface area is 155 Å². The average Bonchev–Trinajstić information content (AvgIpc) is 2.66. The molecule has 0 saturated carbocycles. The van der Waals surface area contributed by atoms with Crippen LogP contribution < -0.4 is 4.74 Å². The Bertz CT molecular complexity index is 719. The van der Waals surface area contributed by atoms with Gasteiger partial charge in [0.1, 0.15) is 12.4 Å². The molecular formula is C22H26O4. The molecule has 0 radical (unpaired) electrons. The van der Waals surface area contributed by atoms with Gasteiger partial charge in [0, 0.05) is 13.2 Å². The van der Waals surface area contributed by atoms with Gasteiger partial charge >= 0.3 is 5.97 Å². The van der Waals surface area contributed by atoms with Crippen molar-refractivity contribution in [2.24, 2.45) is 0 Å². The Kier molecular flexibility index (Phi) is 7.90. The van der Waals surface area contributed by atoms with Crippen molar-refractivity contribution in [3.05, 3.63) is 66.2 Å². The van der Waals surface area contributed by atoms with Crippen molar-refractivity contribution in [2.45, 2.75) is 19.8 Å². The number of rotatable bonds is 10. The fourth-order valence-corrected chi connectivity index (χ4v) is 2.65. The maximum atomic E-state index is 11.0. The highest BCUT2D eigenvalue weighted by Gasteiger charge is 2.05. The lowest BCUT2D eigenvalue weighted by Gasteiger charge is -2.11. The first-order valence-corrected chi connectivity index (χ1v) is 8.75. The lowest BCUT2D eigenvalue weighted by Crippen LogP contribution is -2.04. The number of carbonyl (C=O) groups excluding carboxylic acids is 1. The molecule has 0 aliphatic rings. The van der Waals surface area contributed by atoms with E-state index < -0.39 is 0 Å². The first-order chi connectivity index (χ1) is 12.6. The van der Waals surface area contributed by atoms with Crippen molar-refractivity contribution in [3.8, 4) is 16.9 Å². The van der Waals surface area contributed by atoms with Crippen LogP contribution in [0.1, 0.15) is 17.5 Å². The monoisotopic (exact) mass is 354 g/mol. The Hall–Kier alpha value is -2.59. The number of hydrogen-bond donors (Lipinski definition) is 0. The van der Waals surface area contributed by atoms with E-state index in [9.17, 15) is 4.79 Å². The third-order valence-corrected chi connectivity index (χ3v) is 4.04. The molecule has 138 valence electrons. The van der Waals surface area contributed by atoms with E-state index in [1.54, 1.807) is 7.11 Å². The zero-order valence-corrected chi connectivity index (χ0v) is 15.5.